The van der Waals surface area contributed by atoms with Crippen LogP contribution in [-0.2, 0) is 4.79 Å². The van der Waals surface area contributed by atoms with Crippen molar-refractivity contribution in [2.24, 2.45) is 5.10 Å². The number of thioether (sulfide) groups is 1. The zero-order valence-electron chi connectivity index (χ0n) is 15.4. The molecular formula is C21H19Cl2N3OS. The Morgan fingerprint density at radius 3 is 2.32 bits per heavy atom. The van der Waals surface area contributed by atoms with E-state index in [9.17, 15) is 4.79 Å². The van der Waals surface area contributed by atoms with E-state index < -0.39 is 0 Å². The largest absolute Gasteiger partial charge is 0.318 e. The maximum Gasteiger partial charge on any atom is 0.250 e. The summed E-state index contributed by atoms with van der Waals surface area (Å²) < 4.78 is 2.12. The van der Waals surface area contributed by atoms with Gasteiger partial charge in [-0.2, -0.15) is 5.10 Å². The second-order valence-electron chi connectivity index (χ2n) is 6.17. The minimum atomic E-state index is -0.164. The van der Waals surface area contributed by atoms with E-state index >= 15 is 0 Å². The maximum atomic E-state index is 12.0. The number of hydrogen-bond donors (Lipinski definition) is 1. The molecule has 0 aliphatic rings. The number of aromatic nitrogens is 1. The fourth-order valence-corrected chi connectivity index (χ4v) is 3.73. The molecule has 0 saturated carbocycles. The third kappa shape index (κ3) is 5.19. The molecule has 7 heteroatoms. The molecule has 0 fully saturated rings. The van der Waals surface area contributed by atoms with E-state index in [0.717, 1.165) is 27.5 Å². The minimum absolute atomic E-state index is 0.164. The van der Waals surface area contributed by atoms with Crippen molar-refractivity contribution in [1.29, 1.82) is 0 Å². The lowest BCUT2D eigenvalue weighted by molar-refractivity contribution is -0.118. The van der Waals surface area contributed by atoms with Gasteiger partial charge in [0.2, 0.25) is 5.91 Å². The Balaban J connectivity index is 1.61. The average molecular weight is 432 g/mol. The average Bonchev–Trinajstić information content (AvgIpc) is 2.96. The van der Waals surface area contributed by atoms with E-state index in [-0.39, 0.29) is 11.7 Å². The van der Waals surface area contributed by atoms with Crippen LogP contribution in [0.15, 0.2) is 64.6 Å². The number of aryl methyl sites for hydroxylation is 1. The van der Waals surface area contributed by atoms with Gasteiger partial charge in [0, 0.05) is 37.6 Å². The van der Waals surface area contributed by atoms with Gasteiger partial charge in [-0.1, -0.05) is 23.2 Å². The number of benzene rings is 2. The molecule has 0 saturated heterocycles. The number of nitrogens with zero attached hydrogens (tertiary/aromatic N) is 2. The first-order valence-electron chi connectivity index (χ1n) is 8.59. The predicted molar refractivity (Wildman–Crippen MR) is 118 cm³/mol. The topological polar surface area (TPSA) is 46.4 Å². The predicted octanol–water partition coefficient (Wildman–Crippen LogP) is 5.64. The van der Waals surface area contributed by atoms with Crippen molar-refractivity contribution < 1.29 is 4.79 Å². The molecule has 0 radical (unpaired) electrons. The fourth-order valence-electron chi connectivity index (χ4n) is 2.79. The molecular weight excluding hydrogens is 413 g/mol. The quantitative estimate of drug-likeness (QED) is 0.311. The number of nitrogens with one attached hydrogen (secondary N) is 1. The minimum Gasteiger partial charge on any atom is -0.318 e. The van der Waals surface area contributed by atoms with E-state index in [1.165, 1.54) is 11.8 Å². The summed E-state index contributed by atoms with van der Waals surface area (Å²) in [5.74, 6) is 0.116. The number of rotatable bonds is 6. The molecule has 1 N–H and O–H groups in total. The second-order valence-corrected chi connectivity index (χ2v) is 8.10. The van der Waals surface area contributed by atoms with Crippen LogP contribution < -0.4 is 5.43 Å². The summed E-state index contributed by atoms with van der Waals surface area (Å²) in [5, 5.41) is 5.47. The molecule has 1 amide bonds. The summed E-state index contributed by atoms with van der Waals surface area (Å²) in [4.78, 5) is 13.0. The molecule has 1 aromatic heterocycles. The van der Waals surface area contributed by atoms with Gasteiger partial charge in [0.05, 0.1) is 12.0 Å². The summed E-state index contributed by atoms with van der Waals surface area (Å²) >= 11 is 13.3. The van der Waals surface area contributed by atoms with Gasteiger partial charge in [0.1, 0.15) is 0 Å². The highest BCUT2D eigenvalue weighted by Crippen LogP contribution is 2.22. The fraction of sp³-hybridized carbons (Fsp3) is 0.143. The van der Waals surface area contributed by atoms with Crippen molar-refractivity contribution in [3.8, 4) is 5.69 Å². The zero-order valence-corrected chi connectivity index (χ0v) is 17.8. The Morgan fingerprint density at radius 1 is 1.07 bits per heavy atom. The van der Waals surface area contributed by atoms with Gasteiger partial charge in [-0.05, 0) is 68.4 Å². The van der Waals surface area contributed by atoms with Crippen LogP contribution >= 0.6 is 35.0 Å². The van der Waals surface area contributed by atoms with Crippen molar-refractivity contribution in [2.45, 2.75) is 18.7 Å². The SMILES string of the molecule is Cc1cc(/C=N\NC(=O)CSc2ccc(Cl)cc2)c(C)n1-c1ccc(Cl)cc1. The Labute approximate surface area is 178 Å². The summed E-state index contributed by atoms with van der Waals surface area (Å²) in [6.07, 6.45) is 1.67. The first kappa shape index (κ1) is 20.5. The first-order chi connectivity index (χ1) is 13.4. The van der Waals surface area contributed by atoms with E-state index in [1.807, 2.05) is 56.3 Å². The molecule has 0 atom stereocenters. The van der Waals surface area contributed by atoms with E-state index in [4.69, 9.17) is 23.2 Å². The number of hydrazone groups is 1. The lowest BCUT2D eigenvalue weighted by atomic mass is 10.2. The van der Waals surface area contributed by atoms with Gasteiger partial charge in [0.15, 0.2) is 0 Å². The van der Waals surface area contributed by atoms with Gasteiger partial charge >= 0.3 is 0 Å². The first-order valence-corrected chi connectivity index (χ1v) is 10.3. The Kier molecular flexibility index (Phi) is 6.83. The third-order valence-corrected chi connectivity index (χ3v) is 5.65. The highest BCUT2D eigenvalue weighted by atomic mass is 35.5. The Hall–Kier alpha value is -2.21. The van der Waals surface area contributed by atoms with Gasteiger partial charge < -0.3 is 4.57 Å². The normalized spacial score (nSPS) is 11.1. The van der Waals surface area contributed by atoms with E-state index in [1.54, 1.807) is 18.3 Å². The van der Waals surface area contributed by atoms with Crippen molar-refractivity contribution >= 4 is 47.1 Å². The van der Waals surface area contributed by atoms with E-state index in [2.05, 4.69) is 15.1 Å². The molecule has 3 aromatic rings. The number of carbonyl (C=O) groups is 1. The molecule has 4 nitrogen and oxygen atoms in total. The Bertz CT molecular complexity index is 996. The Morgan fingerprint density at radius 2 is 1.68 bits per heavy atom. The van der Waals surface area contributed by atoms with Crippen molar-refractivity contribution in [3.05, 3.63) is 81.6 Å². The zero-order chi connectivity index (χ0) is 20.1. The van der Waals surface area contributed by atoms with E-state index in [0.29, 0.717) is 10.0 Å². The molecule has 144 valence electrons. The lowest BCUT2D eigenvalue weighted by Crippen LogP contribution is -2.19. The van der Waals surface area contributed by atoms with Crippen LogP contribution in [0.1, 0.15) is 17.0 Å². The second kappa shape index (κ2) is 9.32. The molecule has 0 aliphatic heterocycles. The molecule has 2 aromatic carbocycles. The highest BCUT2D eigenvalue weighted by Gasteiger charge is 2.09. The summed E-state index contributed by atoms with van der Waals surface area (Å²) in [5.41, 5.74) is 6.66. The molecule has 0 aliphatic carbocycles. The number of amides is 1. The number of hydrogen-bond acceptors (Lipinski definition) is 3. The van der Waals surface area contributed by atoms with Crippen LogP contribution in [-0.4, -0.2) is 22.4 Å². The maximum absolute atomic E-state index is 12.0. The smallest absolute Gasteiger partial charge is 0.250 e. The van der Waals surface area contributed by atoms with Crippen LogP contribution in [0.25, 0.3) is 5.69 Å². The molecule has 28 heavy (non-hydrogen) atoms. The number of halogens is 2. The van der Waals surface area contributed by atoms with Crippen LogP contribution in [0.3, 0.4) is 0 Å². The van der Waals surface area contributed by atoms with Gasteiger partial charge in [-0.15, -0.1) is 11.8 Å². The van der Waals surface area contributed by atoms with Gasteiger partial charge in [-0.3, -0.25) is 4.79 Å². The standard InChI is InChI=1S/C21H19Cl2N3OS/c1-14-11-16(15(2)26(14)19-7-3-17(22)4-8-19)12-24-25-21(27)13-28-20-9-5-18(23)6-10-20/h3-12H,13H2,1-2H3,(H,25,27)/b24-12-. The van der Waals surface area contributed by atoms with Gasteiger partial charge in [0.25, 0.3) is 0 Å². The highest BCUT2D eigenvalue weighted by molar-refractivity contribution is 8.00. The van der Waals surface area contributed by atoms with Crippen LogP contribution in [0, 0.1) is 13.8 Å². The molecule has 0 bridgehead atoms. The van der Waals surface area contributed by atoms with Crippen LogP contribution in [0.5, 0.6) is 0 Å². The van der Waals surface area contributed by atoms with Crippen molar-refractivity contribution in [3.63, 3.8) is 0 Å². The monoisotopic (exact) mass is 431 g/mol. The summed E-state index contributed by atoms with van der Waals surface area (Å²) in [6.45, 7) is 4.04. The van der Waals surface area contributed by atoms with Crippen molar-refractivity contribution in [2.75, 3.05) is 5.75 Å². The lowest BCUT2D eigenvalue weighted by Gasteiger charge is -2.09. The number of carbonyl (C=O) groups excluding carboxylic acids is 1. The van der Waals surface area contributed by atoms with Gasteiger partial charge in [-0.25, -0.2) is 5.43 Å². The van der Waals surface area contributed by atoms with Crippen molar-refractivity contribution in [1.82, 2.24) is 9.99 Å². The summed E-state index contributed by atoms with van der Waals surface area (Å²) in [7, 11) is 0. The molecule has 3 rings (SSSR count). The molecule has 0 unspecified atom stereocenters. The third-order valence-electron chi connectivity index (χ3n) is 4.13. The van der Waals surface area contributed by atoms with Crippen LogP contribution in [0.4, 0.5) is 0 Å². The summed E-state index contributed by atoms with van der Waals surface area (Å²) in [6, 6.07) is 17.1. The molecule has 0 spiro atoms. The molecule has 1 heterocycles. The van der Waals surface area contributed by atoms with Crippen LogP contribution in [0.2, 0.25) is 10.0 Å².